The van der Waals surface area contributed by atoms with Gasteiger partial charge in [-0.15, -0.1) is 11.8 Å². The van der Waals surface area contributed by atoms with Crippen molar-refractivity contribution in [3.8, 4) is 0 Å². The number of aryl methyl sites for hydroxylation is 1. The second kappa shape index (κ2) is 8.59. The third-order valence-corrected chi connectivity index (χ3v) is 5.65. The van der Waals surface area contributed by atoms with Crippen LogP contribution in [0, 0.1) is 6.92 Å². The van der Waals surface area contributed by atoms with Gasteiger partial charge >= 0.3 is 0 Å². The molecule has 5 nitrogen and oxygen atoms in total. The van der Waals surface area contributed by atoms with Crippen molar-refractivity contribution in [1.82, 2.24) is 10.2 Å². The van der Waals surface area contributed by atoms with Crippen molar-refractivity contribution in [3.05, 3.63) is 59.2 Å². The number of carbonyl (C=O) groups excluding carboxylic acids is 2. The topological polar surface area (TPSA) is 52.7 Å². The molecule has 1 heterocycles. The van der Waals surface area contributed by atoms with E-state index >= 15 is 0 Å². The third-order valence-electron chi connectivity index (χ3n) is 4.60. The van der Waals surface area contributed by atoms with Crippen molar-refractivity contribution in [3.63, 3.8) is 0 Å². The van der Waals surface area contributed by atoms with Crippen LogP contribution in [0.15, 0.2) is 47.4 Å². The van der Waals surface area contributed by atoms with Gasteiger partial charge in [0.2, 0.25) is 5.91 Å². The predicted octanol–water partition coefficient (Wildman–Crippen LogP) is 2.93. The summed E-state index contributed by atoms with van der Waals surface area (Å²) in [5, 5.41) is 2.93. The SMILES string of the molecule is Cc1ccccc1CN1C(=O)CSc2ccc(C(=O)NCCN(C)C)cc21. The fraction of sp³-hybridized carbons (Fsp3) is 0.333. The van der Waals surface area contributed by atoms with Gasteiger partial charge in [-0.25, -0.2) is 0 Å². The molecule has 6 heteroatoms. The van der Waals surface area contributed by atoms with Gasteiger partial charge in [0.15, 0.2) is 0 Å². The van der Waals surface area contributed by atoms with Crippen LogP contribution in [0.3, 0.4) is 0 Å². The van der Waals surface area contributed by atoms with Crippen LogP contribution in [0.2, 0.25) is 0 Å². The van der Waals surface area contributed by atoms with Gasteiger partial charge in [-0.3, -0.25) is 9.59 Å². The molecule has 0 bridgehead atoms. The van der Waals surface area contributed by atoms with Gasteiger partial charge in [-0.2, -0.15) is 0 Å². The number of fused-ring (bicyclic) bond motifs is 1. The van der Waals surface area contributed by atoms with Gasteiger partial charge in [-0.05, 0) is 50.3 Å². The van der Waals surface area contributed by atoms with Crippen LogP contribution in [-0.4, -0.2) is 49.7 Å². The maximum atomic E-state index is 12.6. The van der Waals surface area contributed by atoms with E-state index in [1.807, 2.05) is 68.4 Å². The Morgan fingerprint density at radius 2 is 2.00 bits per heavy atom. The summed E-state index contributed by atoms with van der Waals surface area (Å²) in [5.41, 5.74) is 3.67. The Morgan fingerprint density at radius 1 is 1.22 bits per heavy atom. The smallest absolute Gasteiger partial charge is 0.251 e. The molecule has 142 valence electrons. The molecule has 2 aromatic rings. The molecule has 0 saturated heterocycles. The second-order valence-corrected chi connectivity index (χ2v) is 7.95. The molecule has 2 amide bonds. The van der Waals surface area contributed by atoms with E-state index in [1.54, 1.807) is 4.90 Å². The number of anilines is 1. The number of nitrogens with zero attached hydrogens (tertiary/aromatic N) is 2. The summed E-state index contributed by atoms with van der Waals surface area (Å²) in [7, 11) is 3.94. The Labute approximate surface area is 164 Å². The van der Waals surface area contributed by atoms with E-state index in [0.717, 1.165) is 28.3 Å². The molecule has 1 N–H and O–H groups in total. The van der Waals surface area contributed by atoms with E-state index < -0.39 is 0 Å². The minimum Gasteiger partial charge on any atom is -0.351 e. The zero-order chi connectivity index (χ0) is 19.4. The average molecular weight is 384 g/mol. The molecule has 0 aromatic heterocycles. The van der Waals surface area contributed by atoms with Crippen LogP contribution in [0.5, 0.6) is 0 Å². The van der Waals surface area contributed by atoms with Gasteiger partial charge in [0, 0.05) is 23.5 Å². The lowest BCUT2D eigenvalue weighted by Gasteiger charge is -2.30. The van der Waals surface area contributed by atoms with Crippen molar-refractivity contribution in [2.75, 3.05) is 37.8 Å². The quantitative estimate of drug-likeness (QED) is 0.833. The number of nitrogens with one attached hydrogen (secondary N) is 1. The standard InChI is InChI=1S/C21H25N3O2S/c1-15-6-4-5-7-17(15)13-24-18-12-16(21(26)22-10-11-23(2)3)8-9-19(18)27-14-20(24)25/h4-9,12H,10-11,13-14H2,1-3H3,(H,22,26). The largest absolute Gasteiger partial charge is 0.351 e. The van der Waals surface area contributed by atoms with Crippen molar-refractivity contribution < 1.29 is 9.59 Å². The predicted molar refractivity (Wildman–Crippen MR) is 110 cm³/mol. The molecule has 0 radical (unpaired) electrons. The molecule has 0 unspecified atom stereocenters. The molecule has 1 aliphatic rings. The molecular formula is C21H25N3O2S. The van der Waals surface area contributed by atoms with E-state index in [4.69, 9.17) is 0 Å². The lowest BCUT2D eigenvalue weighted by molar-refractivity contribution is -0.116. The zero-order valence-corrected chi connectivity index (χ0v) is 16.8. The van der Waals surface area contributed by atoms with Crippen LogP contribution in [-0.2, 0) is 11.3 Å². The van der Waals surface area contributed by atoms with Gasteiger partial charge in [-0.1, -0.05) is 24.3 Å². The number of thioether (sulfide) groups is 1. The number of carbonyl (C=O) groups is 2. The third kappa shape index (κ3) is 4.70. The minimum atomic E-state index is -0.112. The summed E-state index contributed by atoms with van der Waals surface area (Å²) < 4.78 is 0. The van der Waals surface area contributed by atoms with Crippen LogP contribution in [0.25, 0.3) is 0 Å². The molecule has 3 rings (SSSR count). The number of benzene rings is 2. The van der Waals surface area contributed by atoms with Gasteiger partial charge in [0.25, 0.3) is 5.91 Å². The monoisotopic (exact) mass is 383 g/mol. The summed E-state index contributed by atoms with van der Waals surface area (Å²) in [5.74, 6) is 0.382. The van der Waals surface area contributed by atoms with E-state index in [-0.39, 0.29) is 11.8 Å². The highest BCUT2D eigenvalue weighted by Gasteiger charge is 2.26. The molecule has 2 aromatic carbocycles. The van der Waals surface area contributed by atoms with E-state index in [9.17, 15) is 9.59 Å². The lowest BCUT2D eigenvalue weighted by Crippen LogP contribution is -2.35. The number of hydrogen-bond acceptors (Lipinski definition) is 4. The normalized spacial score (nSPS) is 13.6. The van der Waals surface area contributed by atoms with Crippen LogP contribution in [0.1, 0.15) is 21.5 Å². The minimum absolute atomic E-state index is 0.0703. The average Bonchev–Trinajstić information content (AvgIpc) is 2.65. The Morgan fingerprint density at radius 3 is 2.74 bits per heavy atom. The molecule has 27 heavy (non-hydrogen) atoms. The van der Waals surface area contributed by atoms with E-state index in [1.165, 1.54) is 11.8 Å². The molecule has 0 saturated carbocycles. The highest BCUT2D eigenvalue weighted by Crippen LogP contribution is 2.37. The number of rotatable bonds is 6. The second-order valence-electron chi connectivity index (χ2n) is 6.94. The zero-order valence-electron chi connectivity index (χ0n) is 16.0. The molecule has 1 aliphatic heterocycles. The van der Waals surface area contributed by atoms with Crippen molar-refractivity contribution in [2.24, 2.45) is 0 Å². The van der Waals surface area contributed by atoms with Crippen molar-refractivity contribution in [2.45, 2.75) is 18.4 Å². The first-order valence-electron chi connectivity index (χ1n) is 9.00. The molecule has 0 spiro atoms. The number of hydrogen-bond donors (Lipinski definition) is 1. The fourth-order valence-electron chi connectivity index (χ4n) is 2.97. The number of likely N-dealkylation sites (N-methyl/N-ethyl adjacent to an activating group) is 1. The van der Waals surface area contributed by atoms with E-state index in [2.05, 4.69) is 5.32 Å². The summed E-state index contributed by atoms with van der Waals surface area (Å²) in [4.78, 5) is 29.9. The summed E-state index contributed by atoms with van der Waals surface area (Å²) in [6.45, 7) is 3.94. The Bertz CT molecular complexity index is 851. The first kappa shape index (κ1) is 19.5. The van der Waals surface area contributed by atoms with E-state index in [0.29, 0.717) is 24.4 Å². The molecule has 0 atom stereocenters. The summed E-state index contributed by atoms with van der Waals surface area (Å²) in [6.07, 6.45) is 0. The summed E-state index contributed by atoms with van der Waals surface area (Å²) in [6, 6.07) is 13.7. The number of amides is 2. The maximum absolute atomic E-state index is 12.6. The Balaban J connectivity index is 1.83. The first-order valence-corrected chi connectivity index (χ1v) is 9.99. The van der Waals surface area contributed by atoms with Gasteiger partial charge in [0.1, 0.15) is 0 Å². The molecular weight excluding hydrogens is 358 g/mol. The van der Waals surface area contributed by atoms with Gasteiger partial charge in [0.05, 0.1) is 18.0 Å². The molecule has 0 aliphatic carbocycles. The Kier molecular flexibility index (Phi) is 6.19. The Hall–Kier alpha value is -2.31. The first-order chi connectivity index (χ1) is 13.0. The molecule has 0 fully saturated rings. The van der Waals surface area contributed by atoms with Crippen LogP contribution in [0.4, 0.5) is 5.69 Å². The maximum Gasteiger partial charge on any atom is 0.251 e. The van der Waals surface area contributed by atoms with Crippen LogP contribution < -0.4 is 10.2 Å². The lowest BCUT2D eigenvalue weighted by atomic mass is 10.1. The fourth-order valence-corrected chi connectivity index (χ4v) is 3.89. The van der Waals surface area contributed by atoms with Crippen LogP contribution >= 0.6 is 11.8 Å². The van der Waals surface area contributed by atoms with Crippen molar-refractivity contribution >= 4 is 29.3 Å². The highest BCUT2D eigenvalue weighted by atomic mass is 32.2. The summed E-state index contributed by atoms with van der Waals surface area (Å²) >= 11 is 1.53. The van der Waals surface area contributed by atoms with Crippen molar-refractivity contribution in [1.29, 1.82) is 0 Å². The highest BCUT2D eigenvalue weighted by molar-refractivity contribution is 8.00. The van der Waals surface area contributed by atoms with Gasteiger partial charge < -0.3 is 15.1 Å².